The van der Waals surface area contributed by atoms with Crippen LogP contribution in [0.4, 0.5) is 15.8 Å². The zero-order chi connectivity index (χ0) is 9.42. The molecule has 2 nitrogen and oxygen atoms in total. The molecule has 0 spiro atoms. The zero-order valence-electron chi connectivity index (χ0n) is 7.82. The van der Waals surface area contributed by atoms with Gasteiger partial charge >= 0.3 is 0 Å². The van der Waals surface area contributed by atoms with Crippen molar-refractivity contribution in [2.45, 2.75) is 19.8 Å². The normalized spacial score (nSPS) is 13.8. The van der Waals surface area contributed by atoms with E-state index in [9.17, 15) is 4.39 Å². The van der Waals surface area contributed by atoms with Crippen molar-refractivity contribution >= 4 is 11.4 Å². The Hall–Kier alpha value is -1.25. The van der Waals surface area contributed by atoms with Crippen molar-refractivity contribution in [3.05, 3.63) is 23.5 Å². The Morgan fingerprint density at radius 3 is 2.46 bits per heavy atom. The van der Waals surface area contributed by atoms with E-state index >= 15 is 0 Å². The van der Waals surface area contributed by atoms with Gasteiger partial charge in [-0.2, -0.15) is 0 Å². The van der Waals surface area contributed by atoms with E-state index < -0.39 is 0 Å². The van der Waals surface area contributed by atoms with E-state index in [2.05, 4.69) is 10.6 Å². The van der Waals surface area contributed by atoms with E-state index in [0.29, 0.717) is 6.67 Å². The minimum Gasteiger partial charge on any atom is -0.366 e. The summed E-state index contributed by atoms with van der Waals surface area (Å²) < 4.78 is 13.4. The summed E-state index contributed by atoms with van der Waals surface area (Å²) in [6, 6.07) is 3.44. The fraction of sp³-hybridized carbons (Fsp3) is 0.400. The Kier molecular flexibility index (Phi) is 1.87. The fourth-order valence-corrected chi connectivity index (χ4v) is 1.56. The predicted octanol–water partition coefficient (Wildman–Crippen LogP) is 2.74. The third-order valence-corrected chi connectivity index (χ3v) is 2.32. The highest BCUT2D eigenvalue weighted by Gasteiger charge is 2.14. The Morgan fingerprint density at radius 2 is 1.85 bits per heavy atom. The molecule has 0 saturated heterocycles. The molecule has 0 aliphatic carbocycles. The molecule has 0 aromatic heterocycles. The van der Waals surface area contributed by atoms with E-state index in [4.69, 9.17) is 0 Å². The van der Waals surface area contributed by atoms with Crippen molar-refractivity contribution in [2.75, 3.05) is 17.3 Å². The summed E-state index contributed by atoms with van der Waals surface area (Å²) in [5, 5.41) is 6.20. The third-order valence-electron chi connectivity index (χ3n) is 2.32. The minimum atomic E-state index is -0.120. The Bertz CT molecular complexity index is 334. The number of halogens is 1. The zero-order valence-corrected chi connectivity index (χ0v) is 7.82. The van der Waals surface area contributed by atoms with Gasteiger partial charge in [0, 0.05) is 0 Å². The Labute approximate surface area is 77.2 Å². The van der Waals surface area contributed by atoms with E-state index in [1.165, 1.54) is 0 Å². The van der Waals surface area contributed by atoms with Crippen molar-refractivity contribution in [1.82, 2.24) is 0 Å². The fourth-order valence-electron chi connectivity index (χ4n) is 1.56. The molecule has 0 bridgehead atoms. The summed E-state index contributed by atoms with van der Waals surface area (Å²) in [6.45, 7) is 4.68. The molecule has 0 fully saturated rings. The van der Waals surface area contributed by atoms with Crippen LogP contribution < -0.4 is 10.6 Å². The molecule has 2 rings (SSSR count). The molecule has 1 aromatic rings. The SMILES string of the molecule is CC(C)c1cc2c(cc1F)NCN2. The van der Waals surface area contributed by atoms with Gasteiger partial charge in [-0.05, 0) is 23.6 Å². The number of fused-ring (bicyclic) bond motifs is 1. The first-order chi connectivity index (χ1) is 6.18. The number of hydrogen-bond acceptors (Lipinski definition) is 2. The summed E-state index contributed by atoms with van der Waals surface area (Å²) in [7, 11) is 0. The smallest absolute Gasteiger partial charge is 0.128 e. The first-order valence-corrected chi connectivity index (χ1v) is 4.49. The second-order valence-corrected chi connectivity index (χ2v) is 3.60. The first-order valence-electron chi connectivity index (χ1n) is 4.49. The van der Waals surface area contributed by atoms with Crippen molar-refractivity contribution in [2.24, 2.45) is 0 Å². The maximum atomic E-state index is 13.4. The Morgan fingerprint density at radius 1 is 1.23 bits per heavy atom. The molecule has 1 aliphatic heterocycles. The lowest BCUT2D eigenvalue weighted by Crippen LogP contribution is -1.99. The predicted molar refractivity (Wildman–Crippen MR) is 52.6 cm³/mol. The van der Waals surface area contributed by atoms with Gasteiger partial charge < -0.3 is 10.6 Å². The molecule has 0 amide bonds. The van der Waals surface area contributed by atoms with Gasteiger partial charge in [0.25, 0.3) is 0 Å². The average molecular weight is 180 g/mol. The lowest BCUT2D eigenvalue weighted by molar-refractivity contribution is 0.599. The molecule has 0 saturated carbocycles. The molecule has 0 radical (unpaired) electrons. The molecule has 70 valence electrons. The highest BCUT2D eigenvalue weighted by atomic mass is 19.1. The molecule has 1 heterocycles. The maximum absolute atomic E-state index is 13.4. The topological polar surface area (TPSA) is 24.1 Å². The summed E-state index contributed by atoms with van der Waals surface area (Å²) >= 11 is 0. The van der Waals surface area contributed by atoms with Crippen LogP contribution in [0, 0.1) is 5.82 Å². The van der Waals surface area contributed by atoms with Crippen molar-refractivity contribution in [1.29, 1.82) is 0 Å². The van der Waals surface area contributed by atoms with Crippen LogP contribution in [0.3, 0.4) is 0 Å². The molecule has 13 heavy (non-hydrogen) atoms. The van der Waals surface area contributed by atoms with E-state index in [0.717, 1.165) is 16.9 Å². The Balaban J connectivity index is 2.49. The van der Waals surface area contributed by atoms with Crippen molar-refractivity contribution in [3.63, 3.8) is 0 Å². The van der Waals surface area contributed by atoms with Gasteiger partial charge in [-0.25, -0.2) is 4.39 Å². The highest BCUT2D eigenvalue weighted by molar-refractivity contribution is 5.74. The molecule has 2 N–H and O–H groups in total. The minimum absolute atomic E-state index is 0.120. The van der Waals surface area contributed by atoms with Crippen LogP contribution in [0.25, 0.3) is 0 Å². The summed E-state index contributed by atoms with van der Waals surface area (Å²) in [4.78, 5) is 0. The monoisotopic (exact) mass is 180 g/mol. The standard InChI is InChI=1S/C10H13FN2/c1-6(2)7-3-9-10(4-8(7)11)13-5-12-9/h3-4,6,12-13H,5H2,1-2H3. The summed E-state index contributed by atoms with van der Waals surface area (Å²) in [6.07, 6.45) is 0. The number of nitrogens with one attached hydrogen (secondary N) is 2. The molecule has 1 aliphatic rings. The molecule has 0 unspecified atom stereocenters. The van der Waals surface area contributed by atoms with Gasteiger partial charge in [0.2, 0.25) is 0 Å². The van der Waals surface area contributed by atoms with E-state index in [1.807, 2.05) is 19.9 Å². The van der Waals surface area contributed by atoms with Gasteiger partial charge in [0.05, 0.1) is 18.0 Å². The molecule has 1 aromatic carbocycles. The number of benzene rings is 1. The van der Waals surface area contributed by atoms with Gasteiger partial charge in [0.1, 0.15) is 5.82 Å². The highest BCUT2D eigenvalue weighted by Crippen LogP contribution is 2.31. The van der Waals surface area contributed by atoms with Crippen LogP contribution in [0.1, 0.15) is 25.3 Å². The lowest BCUT2D eigenvalue weighted by atomic mass is 10.0. The molecule has 0 atom stereocenters. The molecular formula is C10H13FN2. The molecule has 3 heteroatoms. The summed E-state index contributed by atoms with van der Waals surface area (Å²) in [5.74, 6) is 0.109. The molecular weight excluding hydrogens is 167 g/mol. The van der Waals surface area contributed by atoms with Crippen LogP contribution in [-0.4, -0.2) is 6.67 Å². The van der Waals surface area contributed by atoms with Gasteiger partial charge in [-0.3, -0.25) is 0 Å². The number of anilines is 2. The number of hydrogen-bond donors (Lipinski definition) is 2. The average Bonchev–Trinajstić information content (AvgIpc) is 2.48. The van der Waals surface area contributed by atoms with Gasteiger partial charge in [-0.1, -0.05) is 13.8 Å². The lowest BCUT2D eigenvalue weighted by Gasteiger charge is -2.09. The summed E-state index contributed by atoms with van der Waals surface area (Å²) in [5.41, 5.74) is 2.64. The van der Waals surface area contributed by atoms with Gasteiger partial charge in [-0.15, -0.1) is 0 Å². The number of rotatable bonds is 1. The first kappa shape index (κ1) is 8.35. The third kappa shape index (κ3) is 1.34. The maximum Gasteiger partial charge on any atom is 0.128 e. The van der Waals surface area contributed by atoms with Crippen LogP contribution in [0.5, 0.6) is 0 Å². The van der Waals surface area contributed by atoms with Crippen molar-refractivity contribution in [3.8, 4) is 0 Å². The van der Waals surface area contributed by atoms with Crippen LogP contribution in [0.15, 0.2) is 12.1 Å². The van der Waals surface area contributed by atoms with Crippen LogP contribution in [-0.2, 0) is 0 Å². The second-order valence-electron chi connectivity index (χ2n) is 3.60. The van der Waals surface area contributed by atoms with Gasteiger partial charge in [0.15, 0.2) is 0 Å². The van der Waals surface area contributed by atoms with E-state index in [1.54, 1.807) is 6.07 Å². The van der Waals surface area contributed by atoms with Crippen LogP contribution in [0.2, 0.25) is 0 Å². The largest absolute Gasteiger partial charge is 0.366 e. The quantitative estimate of drug-likeness (QED) is 0.694. The second kappa shape index (κ2) is 2.91. The van der Waals surface area contributed by atoms with Crippen LogP contribution >= 0.6 is 0 Å². The van der Waals surface area contributed by atoms with Crippen molar-refractivity contribution < 1.29 is 4.39 Å². The van der Waals surface area contributed by atoms with E-state index in [-0.39, 0.29) is 11.7 Å².